The third kappa shape index (κ3) is 4.86. The number of ether oxygens (including phenoxy) is 1. The van der Waals surface area contributed by atoms with Crippen LogP contribution in [-0.4, -0.2) is 33.7 Å². The van der Waals surface area contributed by atoms with Crippen LogP contribution in [0.2, 0.25) is 0 Å². The number of halogens is 1. The van der Waals surface area contributed by atoms with Crippen LogP contribution in [0, 0.1) is 20.8 Å². The molecule has 7 heteroatoms. The molecule has 1 aromatic carbocycles. The van der Waals surface area contributed by atoms with Crippen molar-refractivity contribution in [2.75, 3.05) is 13.2 Å². The van der Waals surface area contributed by atoms with Gasteiger partial charge in [-0.3, -0.25) is 4.79 Å². The van der Waals surface area contributed by atoms with Crippen LogP contribution in [0.3, 0.4) is 0 Å². The fourth-order valence-electron chi connectivity index (χ4n) is 3.05. The first-order valence-electron chi connectivity index (χ1n) is 8.91. The number of benzene rings is 1. The minimum atomic E-state index is 0.00313. The molecule has 142 valence electrons. The van der Waals surface area contributed by atoms with Crippen LogP contribution < -0.4 is 10.1 Å². The number of amides is 1. The van der Waals surface area contributed by atoms with Crippen LogP contribution in [0.4, 0.5) is 0 Å². The van der Waals surface area contributed by atoms with Crippen LogP contribution in [-0.2, 0) is 11.2 Å². The van der Waals surface area contributed by atoms with E-state index in [4.69, 9.17) is 4.74 Å². The number of hydrogen-bond donors (Lipinski definition) is 1. The van der Waals surface area contributed by atoms with E-state index in [9.17, 15) is 4.79 Å². The zero-order valence-corrected chi connectivity index (χ0v) is 17.3. The minimum absolute atomic E-state index is 0.00313. The number of fused-ring (bicyclic) bond motifs is 1. The van der Waals surface area contributed by atoms with E-state index in [1.807, 2.05) is 55.6 Å². The van der Waals surface area contributed by atoms with Gasteiger partial charge in [-0.25, -0.2) is 9.50 Å². The molecule has 0 saturated carbocycles. The van der Waals surface area contributed by atoms with E-state index < -0.39 is 0 Å². The van der Waals surface area contributed by atoms with E-state index in [-0.39, 0.29) is 5.91 Å². The molecule has 0 spiro atoms. The maximum Gasteiger partial charge on any atom is 0.220 e. The molecule has 0 atom stereocenters. The van der Waals surface area contributed by atoms with Gasteiger partial charge in [-0.1, -0.05) is 22.0 Å². The van der Waals surface area contributed by atoms with Crippen molar-refractivity contribution in [3.63, 3.8) is 0 Å². The predicted molar refractivity (Wildman–Crippen MR) is 108 cm³/mol. The Bertz CT molecular complexity index is 968. The summed E-state index contributed by atoms with van der Waals surface area (Å²) >= 11 is 3.40. The quantitative estimate of drug-likeness (QED) is 0.581. The van der Waals surface area contributed by atoms with Gasteiger partial charge in [0.2, 0.25) is 5.91 Å². The molecule has 1 N–H and O–H groups in total. The van der Waals surface area contributed by atoms with Crippen molar-refractivity contribution >= 4 is 27.5 Å². The highest BCUT2D eigenvalue weighted by Crippen LogP contribution is 2.18. The van der Waals surface area contributed by atoms with Crippen molar-refractivity contribution < 1.29 is 9.53 Å². The average Bonchev–Trinajstić information content (AvgIpc) is 2.99. The van der Waals surface area contributed by atoms with E-state index in [0.717, 1.165) is 38.5 Å². The first-order valence-corrected chi connectivity index (χ1v) is 9.71. The molecule has 27 heavy (non-hydrogen) atoms. The molecule has 0 aliphatic rings. The first kappa shape index (κ1) is 19.4. The molecule has 3 rings (SSSR count). The summed E-state index contributed by atoms with van der Waals surface area (Å²) in [5, 5.41) is 7.37. The van der Waals surface area contributed by atoms with Gasteiger partial charge in [-0.15, -0.1) is 0 Å². The van der Waals surface area contributed by atoms with Crippen molar-refractivity contribution in [3.05, 3.63) is 57.4 Å². The maximum atomic E-state index is 12.2. The fourth-order valence-corrected chi connectivity index (χ4v) is 3.42. The van der Waals surface area contributed by atoms with E-state index in [0.29, 0.717) is 26.0 Å². The topological polar surface area (TPSA) is 68.5 Å². The molecule has 0 radical (unpaired) electrons. The van der Waals surface area contributed by atoms with Crippen molar-refractivity contribution in [1.82, 2.24) is 19.9 Å². The lowest BCUT2D eigenvalue weighted by Crippen LogP contribution is -2.28. The third-order valence-corrected chi connectivity index (χ3v) is 4.87. The maximum absolute atomic E-state index is 12.2. The predicted octanol–water partition coefficient (Wildman–Crippen LogP) is 3.54. The number of hydrogen-bond acceptors (Lipinski definition) is 4. The zero-order chi connectivity index (χ0) is 19.4. The summed E-state index contributed by atoms with van der Waals surface area (Å²) in [6, 6.07) is 9.59. The number of nitrogens with one attached hydrogen (secondary N) is 1. The molecule has 2 heterocycles. The van der Waals surface area contributed by atoms with Gasteiger partial charge in [0.05, 0.1) is 12.2 Å². The second-order valence-electron chi connectivity index (χ2n) is 6.47. The van der Waals surface area contributed by atoms with E-state index in [1.165, 1.54) is 0 Å². The Morgan fingerprint density at radius 3 is 2.85 bits per heavy atom. The minimum Gasteiger partial charge on any atom is -0.492 e. The third-order valence-electron chi connectivity index (χ3n) is 4.38. The SMILES string of the molecule is Cc1cc2nc(C)c(CCC(=O)NCCOc3cccc(Br)c3)c(C)n2n1. The number of nitrogens with zero attached hydrogens (tertiary/aromatic N) is 3. The van der Waals surface area contributed by atoms with Gasteiger partial charge in [0, 0.05) is 28.3 Å². The molecule has 1 amide bonds. The second kappa shape index (κ2) is 8.52. The molecular formula is C20H23BrN4O2. The van der Waals surface area contributed by atoms with Gasteiger partial charge >= 0.3 is 0 Å². The van der Waals surface area contributed by atoms with Crippen LogP contribution in [0.25, 0.3) is 5.65 Å². The van der Waals surface area contributed by atoms with Gasteiger partial charge in [0.15, 0.2) is 5.65 Å². The van der Waals surface area contributed by atoms with Crippen LogP contribution in [0.15, 0.2) is 34.8 Å². The van der Waals surface area contributed by atoms with Gasteiger partial charge in [-0.2, -0.15) is 5.10 Å². The van der Waals surface area contributed by atoms with E-state index >= 15 is 0 Å². The number of carbonyl (C=O) groups excluding carboxylic acids is 1. The Morgan fingerprint density at radius 1 is 1.26 bits per heavy atom. The molecule has 6 nitrogen and oxygen atoms in total. The second-order valence-corrected chi connectivity index (χ2v) is 7.39. The summed E-state index contributed by atoms with van der Waals surface area (Å²) in [6.07, 6.45) is 1.05. The summed E-state index contributed by atoms with van der Waals surface area (Å²) in [6.45, 7) is 6.85. The molecule has 3 aromatic rings. The molecule has 2 aromatic heterocycles. The largest absolute Gasteiger partial charge is 0.492 e. The molecule has 0 unspecified atom stereocenters. The van der Waals surface area contributed by atoms with Gasteiger partial charge < -0.3 is 10.1 Å². The molecule has 0 aliphatic carbocycles. The van der Waals surface area contributed by atoms with Crippen LogP contribution >= 0.6 is 15.9 Å². The molecule has 0 aliphatic heterocycles. The molecular weight excluding hydrogens is 408 g/mol. The number of rotatable bonds is 7. The lowest BCUT2D eigenvalue weighted by molar-refractivity contribution is -0.121. The van der Waals surface area contributed by atoms with Crippen molar-refractivity contribution in [2.45, 2.75) is 33.6 Å². The van der Waals surface area contributed by atoms with Gasteiger partial charge in [0.1, 0.15) is 12.4 Å². The normalized spacial score (nSPS) is 11.0. The molecule has 0 saturated heterocycles. The van der Waals surface area contributed by atoms with Crippen LogP contribution in [0.1, 0.15) is 29.1 Å². The van der Waals surface area contributed by atoms with E-state index in [1.54, 1.807) is 0 Å². The highest BCUT2D eigenvalue weighted by Gasteiger charge is 2.12. The monoisotopic (exact) mass is 430 g/mol. The van der Waals surface area contributed by atoms with E-state index in [2.05, 4.69) is 31.3 Å². The van der Waals surface area contributed by atoms with Crippen molar-refractivity contribution in [3.8, 4) is 5.75 Å². The summed E-state index contributed by atoms with van der Waals surface area (Å²) in [5.41, 5.74) is 4.85. The van der Waals surface area contributed by atoms with Gasteiger partial charge in [0.25, 0.3) is 0 Å². The van der Waals surface area contributed by atoms with Gasteiger partial charge in [-0.05, 0) is 51.0 Å². The lowest BCUT2D eigenvalue weighted by atomic mass is 10.1. The Kier molecular flexibility index (Phi) is 6.11. The molecule has 0 fully saturated rings. The highest BCUT2D eigenvalue weighted by atomic mass is 79.9. The fraction of sp³-hybridized carbons (Fsp3) is 0.350. The number of carbonyl (C=O) groups is 1. The molecule has 0 bridgehead atoms. The number of aromatic nitrogens is 3. The smallest absolute Gasteiger partial charge is 0.220 e. The van der Waals surface area contributed by atoms with Crippen molar-refractivity contribution in [2.24, 2.45) is 0 Å². The van der Waals surface area contributed by atoms with Crippen molar-refractivity contribution in [1.29, 1.82) is 0 Å². The zero-order valence-electron chi connectivity index (χ0n) is 15.8. The van der Waals surface area contributed by atoms with Crippen LogP contribution in [0.5, 0.6) is 5.75 Å². The Hall–Kier alpha value is -2.41. The average molecular weight is 431 g/mol. The Balaban J connectivity index is 1.50. The Labute approximate surface area is 167 Å². The summed E-state index contributed by atoms with van der Waals surface area (Å²) in [7, 11) is 0. The summed E-state index contributed by atoms with van der Waals surface area (Å²) < 4.78 is 8.44. The Morgan fingerprint density at radius 2 is 2.07 bits per heavy atom. The standard InChI is InChI=1S/C20H23BrN4O2/c1-13-11-19-23-14(2)18(15(3)25(19)24-13)7-8-20(26)22-9-10-27-17-6-4-5-16(21)12-17/h4-6,11-12H,7-10H2,1-3H3,(H,22,26). The highest BCUT2D eigenvalue weighted by molar-refractivity contribution is 9.10. The lowest BCUT2D eigenvalue weighted by Gasteiger charge is -2.11. The summed E-state index contributed by atoms with van der Waals surface area (Å²) in [5.74, 6) is 0.780. The summed E-state index contributed by atoms with van der Waals surface area (Å²) in [4.78, 5) is 16.8. The first-order chi connectivity index (χ1) is 12.9. The number of aryl methyl sites for hydroxylation is 3.